The summed E-state index contributed by atoms with van der Waals surface area (Å²) in [7, 11) is -4.92. The summed E-state index contributed by atoms with van der Waals surface area (Å²) in [6, 6.07) is 3.17. The van der Waals surface area contributed by atoms with Crippen LogP contribution in [-0.2, 0) is 10.4 Å². The van der Waals surface area contributed by atoms with Crippen molar-refractivity contribution in [2.75, 3.05) is 0 Å². The maximum absolute atomic E-state index is 8.63. The average Bonchev–Trinajstić information content (AvgIpc) is 1.85. The van der Waals surface area contributed by atoms with E-state index in [9.17, 15) is 0 Å². The number of nitrogens with one attached hydrogen (secondary N) is 1. The first-order valence-electron chi connectivity index (χ1n) is 2.73. The lowest BCUT2D eigenvalue weighted by molar-refractivity contribution is -0.378. The van der Waals surface area contributed by atoms with Crippen molar-refractivity contribution in [3.8, 4) is 5.75 Å². The normalized spacial score (nSPS) is 9.83. The second kappa shape index (κ2) is 4.65. The summed E-state index contributed by atoms with van der Waals surface area (Å²) in [6.45, 7) is 0. The lowest BCUT2D eigenvalue weighted by atomic mass is 10.5. The van der Waals surface area contributed by atoms with Gasteiger partial charge in [0.15, 0.2) is 12.4 Å². The van der Waals surface area contributed by atoms with E-state index in [-0.39, 0.29) is 0 Å². The SMILES string of the molecule is O=S(=O)([O-])O.Oc1cc[nH+]cc1. The first-order chi connectivity index (χ1) is 5.39. The molecule has 1 rings (SSSR count). The number of pyridine rings is 1. The lowest BCUT2D eigenvalue weighted by Crippen LogP contribution is -1.94. The van der Waals surface area contributed by atoms with Gasteiger partial charge in [0.2, 0.25) is 10.4 Å². The van der Waals surface area contributed by atoms with Crippen molar-refractivity contribution in [1.29, 1.82) is 0 Å². The minimum absolute atomic E-state index is 0.291. The molecule has 0 fully saturated rings. The third kappa shape index (κ3) is 11.6. The standard InChI is InChI=1S/C5H5NO.H2O4S/c7-5-1-3-6-4-2-5;1-5(2,3)4/h1-4H,(H,6,7);(H2,1,2,3,4). The van der Waals surface area contributed by atoms with Gasteiger partial charge < -0.3 is 9.66 Å². The molecule has 0 unspecified atom stereocenters. The molecule has 0 saturated carbocycles. The molecule has 0 aliphatic rings. The predicted octanol–water partition coefficient (Wildman–Crippen LogP) is -0.789. The molecule has 0 aromatic carbocycles. The van der Waals surface area contributed by atoms with Crippen LogP contribution in [0, 0.1) is 0 Å². The topological polar surface area (TPSA) is 112 Å². The van der Waals surface area contributed by atoms with E-state index in [1.165, 1.54) is 0 Å². The van der Waals surface area contributed by atoms with E-state index in [1.807, 2.05) is 0 Å². The Morgan fingerprint density at radius 1 is 1.33 bits per heavy atom. The van der Waals surface area contributed by atoms with Crippen LogP contribution in [-0.4, -0.2) is 22.6 Å². The molecule has 68 valence electrons. The van der Waals surface area contributed by atoms with Gasteiger partial charge in [-0.15, -0.1) is 0 Å². The second-order valence-electron chi connectivity index (χ2n) is 1.69. The fourth-order valence-electron chi connectivity index (χ4n) is 0.378. The van der Waals surface area contributed by atoms with Crippen molar-refractivity contribution in [3.05, 3.63) is 24.5 Å². The molecule has 0 radical (unpaired) electrons. The Hall–Kier alpha value is -1.18. The van der Waals surface area contributed by atoms with Crippen molar-refractivity contribution in [1.82, 2.24) is 0 Å². The molecule has 0 atom stereocenters. The van der Waals surface area contributed by atoms with Crippen LogP contribution >= 0.6 is 0 Å². The highest BCUT2D eigenvalue weighted by Gasteiger charge is 1.81. The number of H-pyrrole nitrogens is 1. The molecule has 3 N–H and O–H groups in total. The van der Waals surface area contributed by atoms with Gasteiger partial charge in [-0.1, -0.05) is 0 Å². The molecule has 0 amide bonds. The van der Waals surface area contributed by atoms with Crippen LogP contribution in [0.25, 0.3) is 0 Å². The van der Waals surface area contributed by atoms with Gasteiger partial charge in [0.25, 0.3) is 0 Å². The van der Waals surface area contributed by atoms with Gasteiger partial charge in [0, 0.05) is 12.1 Å². The highest BCUT2D eigenvalue weighted by Crippen LogP contribution is 1.98. The summed E-state index contributed by atoms with van der Waals surface area (Å²) in [5.74, 6) is 0.291. The zero-order valence-corrected chi connectivity index (χ0v) is 6.65. The van der Waals surface area contributed by atoms with E-state index in [1.54, 1.807) is 24.5 Å². The number of aromatic hydroxyl groups is 1. The Balaban J connectivity index is 0.000000217. The van der Waals surface area contributed by atoms with Crippen LogP contribution in [0.1, 0.15) is 0 Å². The average molecular weight is 193 g/mol. The van der Waals surface area contributed by atoms with Crippen LogP contribution in [0.3, 0.4) is 0 Å². The van der Waals surface area contributed by atoms with E-state index in [4.69, 9.17) is 22.6 Å². The zero-order chi connectivity index (χ0) is 9.61. The van der Waals surface area contributed by atoms with Crippen LogP contribution < -0.4 is 4.98 Å². The van der Waals surface area contributed by atoms with Crippen molar-refractivity contribution in [3.63, 3.8) is 0 Å². The molecule has 1 aromatic rings. The fourth-order valence-corrected chi connectivity index (χ4v) is 0.378. The smallest absolute Gasteiger partial charge is 0.215 e. The first-order valence-corrected chi connectivity index (χ1v) is 4.09. The minimum Gasteiger partial charge on any atom is -0.726 e. The molecule has 7 heteroatoms. The van der Waals surface area contributed by atoms with E-state index >= 15 is 0 Å². The van der Waals surface area contributed by atoms with Gasteiger partial charge in [-0.25, -0.2) is 13.4 Å². The van der Waals surface area contributed by atoms with Crippen molar-refractivity contribution in [2.45, 2.75) is 0 Å². The van der Waals surface area contributed by atoms with Gasteiger partial charge >= 0.3 is 0 Å². The van der Waals surface area contributed by atoms with Gasteiger partial charge in [0.05, 0.1) is 0 Å². The highest BCUT2D eigenvalue weighted by molar-refractivity contribution is 7.79. The third-order valence-electron chi connectivity index (χ3n) is 0.701. The molecule has 1 aromatic heterocycles. The summed E-state index contributed by atoms with van der Waals surface area (Å²) < 4.78 is 32.8. The maximum atomic E-state index is 8.63. The van der Waals surface area contributed by atoms with Crippen LogP contribution in [0.5, 0.6) is 5.75 Å². The monoisotopic (exact) mass is 193 g/mol. The third-order valence-corrected chi connectivity index (χ3v) is 0.701. The maximum Gasteiger partial charge on any atom is 0.215 e. The Morgan fingerprint density at radius 2 is 1.67 bits per heavy atom. The van der Waals surface area contributed by atoms with Gasteiger partial charge in [0.1, 0.15) is 5.75 Å². The van der Waals surface area contributed by atoms with Crippen LogP contribution in [0.2, 0.25) is 0 Å². The Bertz CT molecular complexity index is 300. The molecule has 0 spiro atoms. The molecule has 0 bridgehead atoms. The summed E-state index contributed by atoms with van der Waals surface area (Å²) >= 11 is 0. The predicted molar refractivity (Wildman–Crippen MR) is 37.0 cm³/mol. The molecule has 0 saturated heterocycles. The van der Waals surface area contributed by atoms with E-state index in [0.717, 1.165) is 0 Å². The van der Waals surface area contributed by atoms with Crippen LogP contribution in [0.4, 0.5) is 0 Å². The summed E-state index contributed by atoms with van der Waals surface area (Å²) in [6.07, 6.45) is 3.32. The number of hydrogen-bond donors (Lipinski definition) is 2. The Labute approximate surface area is 69.1 Å². The zero-order valence-electron chi connectivity index (χ0n) is 5.84. The lowest BCUT2D eigenvalue weighted by Gasteiger charge is -1.88. The number of rotatable bonds is 0. The van der Waals surface area contributed by atoms with E-state index in [0.29, 0.717) is 5.75 Å². The van der Waals surface area contributed by atoms with Crippen molar-refractivity contribution in [2.24, 2.45) is 0 Å². The van der Waals surface area contributed by atoms with Crippen molar-refractivity contribution >= 4 is 10.4 Å². The quantitative estimate of drug-likeness (QED) is 0.414. The van der Waals surface area contributed by atoms with E-state index < -0.39 is 10.4 Å². The molecular formula is C5H7NO5S. The van der Waals surface area contributed by atoms with Gasteiger partial charge in [-0.3, -0.25) is 4.55 Å². The second-order valence-corrected chi connectivity index (χ2v) is 2.54. The van der Waals surface area contributed by atoms with Gasteiger partial charge in [-0.2, -0.15) is 0 Å². The van der Waals surface area contributed by atoms with E-state index in [2.05, 4.69) is 4.98 Å². The number of aromatic nitrogens is 1. The fraction of sp³-hybridized carbons (Fsp3) is 0. The molecule has 12 heavy (non-hydrogen) atoms. The van der Waals surface area contributed by atoms with Crippen LogP contribution in [0.15, 0.2) is 24.5 Å². The number of aromatic amines is 1. The summed E-state index contributed by atoms with van der Waals surface area (Å²) in [5.41, 5.74) is 0. The summed E-state index contributed by atoms with van der Waals surface area (Å²) in [4.78, 5) is 2.77. The summed E-state index contributed by atoms with van der Waals surface area (Å²) in [5, 5.41) is 8.61. The van der Waals surface area contributed by atoms with Gasteiger partial charge in [-0.05, 0) is 0 Å². The highest BCUT2D eigenvalue weighted by atomic mass is 32.3. The number of hydrogen-bond acceptors (Lipinski definition) is 4. The largest absolute Gasteiger partial charge is 0.726 e. The first kappa shape index (κ1) is 10.8. The Kier molecular flexibility index (Phi) is 4.19. The minimum atomic E-state index is -4.92. The molecule has 0 aliphatic carbocycles. The molecule has 6 nitrogen and oxygen atoms in total. The molecule has 1 heterocycles. The molecule has 0 aliphatic heterocycles. The molecular weight excluding hydrogens is 186 g/mol. The van der Waals surface area contributed by atoms with Crippen molar-refractivity contribution < 1.29 is 27.6 Å². The Morgan fingerprint density at radius 3 is 1.83 bits per heavy atom.